The van der Waals surface area contributed by atoms with Crippen molar-refractivity contribution >= 4 is 28.7 Å². The van der Waals surface area contributed by atoms with Gasteiger partial charge in [0.15, 0.2) is 5.78 Å². The van der Waals surface area contributed by atoms with E-state index >= 15 is 0 Å². The summed E-state index contributed by atoms with van der Waals surface area (Å²) < 4.78 is 0.632. The van der Waals surface area contributed by atoms with Crippen LogP contribution in [0.4, 0.5) is 0 Å². The fraction of sp³-hybridized carbons (Fsp3) is 0.444. The lowest BCUT2D eigenvalue weighted by Gasteiger charge is -2.06. The van der Waals surface area contributed by atoms with Gasteiger partial charge in [0, 0.05) is 0 Å². The number of Topliss-reactive ketones (excluding diaryl/α,β-unsaturated/α-hetero) is 1. The molecule has 2 nitrogen and oxygen atoms in total. The quantitative estimate of drug-likeness (QED) is 0.789. The van der Waals surface area contributed by atoms with Crippen molar-refractivity contribution < 1.29 is 4.79 Å². The Balaban J connectivity index is 2.67. The smallest absolute Gasteiger partial charge is 0.189 e. The van der Waals surface area contributed by atoms with Crippen LogP contribution in [0.25, 0.3) is 0 Å². The predicted molar refractivity (Wildman–Crippen MR) is 56.5 cm³/mol. The second kappa shape index (κ2) is 4.74. The molecule has 1 atom stereocenters. The molecule has 0 aromatic carbocycles. The molecule has 1 unspecified atom stereocenters. The van der Waals surface area contributed by atoms with Gasteiger partial charge in [-0.05, 0) is 18.6 Å². The molecule has 0 aliphatic carbocycles. The number of carbonyl (C=O) groups is 1. The topological polar surface area (TPSA) is 43.1 Å². The van der Waals surface area contributed by atoms with Crippen LogP contribution in [0.3, 0.4) is 0 Å². The number of hydrogen-bond donors (Lipinski definition) is 1. The van der Waals surface area contributed by atoms with Crippen LogP contribution in [0.15, 0.2) is 12.1 Å². The number of thiophene rings is 1. The van der Waals surface area contributed by atoms with E-state index < -0.39 is 0 Å². The Hall–Kier alpha value is -0.380. The zero-order valence-electron chi connectivity index (χ0n) is 7.42. The van der Waals surface area contributed by atoms with Crippen LogP contribution in [-0.2, 0) is 0 Å². The highest BCUT2D eigenvalue weighted by Gasteiger charge is 2.16. The molecule has 1 aromatic heterocycles. The summed E-state index contributed by atoms with van der Waals surface area (Å²) in [5, 5.41) is 0. The summed E-state index contributed by atoms with van der Waals surface area (Å²) in [5.74, 6) is -0.00116. The van der Waals surface area contributed by atoms with Crippen molar-refractivity contribution in [2.75, 3.05) is 0 Å². The van der Waals surface area contributed by atoms with E-state index in [2.05, 4.69) is 0 Å². The van der Waals surface area contributed by atoms with Crippen molar-refractivity contribution in [2.45, 2.75) is 25.8 Å². The van der Waals surface area contributed by atoms with Gasteiger partial charge >= 0.3 is 0 Å². The molecule has 0 fully saturated rings. The van der Waals surface area contributed by atoms with Crippen LogP contribution in [0.2, 0.25) is 4.34 Å². The molecule has 1 aromatic rings. The average molecular weight is 218 g/mol. The summed E-state index contributed by atoms with van der Waals surface area (Å²) in [7, 11) is 0. The fourth-order valence-electron chi connectivity index (χ4n) is 1.07. The van der Waals surface area contributed by atoms with E-state index in [0.29, 0.717) is 9.21 Å². The lowest BCUT2D eigenvalue weighted by molar-refractivity contribution is 0.0961. The minimum absolute atomic E-state index is 0.00116. The average Bonchev–Trinajstić information content (AvgIpc) is 2.51. The molecule has 0 bridgehead atoms. The Kier molecular flexibility index (Phi) is 3.90. The Morgan fingerprint density at radius 3 is 2.85 bits per heavy atom. The highest BCUT2D eigenvalue weighted by Crippen LogP contribution is 2.22. The summed E-state index contributed by atoms with van der Waals surface area (Å²) in [5.41, 5.74) is 5.68. The Labute approximate surface area is 86.7 Å². The SMILES string of the molecule is CCCC(N)C(=O)c1ccc(Cl)s1. The molecular weight excluding hydrogens is 206 g/mol. The summed E-state index contributed by atoms with van der Waals surface area (Å²) in [4.78, 5) is 12.2. The molecule has 4 heteroatoms. The van der Waals surface area contributed by atoms with Gasteiger partial charge in [0.2, 0.25) is 0 Å². The number of rotatable bonds is 4. The number of carbonyl (C=O) groups excluding carboxylic acids is 1. The lowest BCUT2D eigenvalue weighted by atomic mass is 10.1. The van der Waals surface area contributed by atoms with Gasteiger partial charge in [-0.25, -0.2) is 0 Å². The zero-order valence-corrected chi connectivity index (χ0v) is 8.99. The molecule has 72 valence electrons. The zero-order chi connectivity index (χ0) is 9.84. The number of hydrogen-bond acceptors (Lipinski definition) is 3. The molecular formula is C9H12ClNOS. The van der Waals surface area contributed by atoms with E-state index in [4.69, 9.17) is 17.3 Å². The second-order valence-electron chi connectivity index (χ2n) is 2.86. The maximum absolute atomic E-state index is 11.6. The summed E-state index contributed by atoms with van der Waals surface area (Å²) in [6, 6.07) is 3.07. The van der Waals surface area contributed by atoms with Gasteiger partial charge in [-0.2, -0.15) is 0 Å². The Morgan fingerprint density at radius 1 is 1.69 bits per heavy atom. The van der Waals surface area contributed by atoms with Crippen LogP contribution in [0, 0.1) is 0 Å². The third kappa shape index (κ3) is 2.79. The van der Waals surface area contributed by atoms with Gasteiger partial charge in [0.05, 0.1) is 15.3 Å². The van der Waals surface area contributed by atoms with E-state index in [1.165, 1.54) is 11.3 Å². The van der Waals surface area contributed by atoms with Crippen LogP contribution in [-0.4, -0.2) is 11.8 Å². The van der Waals surface area contributed by atoms with E-state index in [1.807, 2.05) is 6.92 Å². The van der Waals surface area contributed by atoms with Crippen molar-refractivity contribution in [1.29, 1.82) is 0 Å². The van der Waals surface area contributed by atoms with Gasteiger partial charge in [-0.15, -0.1) is 11.3 Å². The van der Waals surface area contributed by atoms with E-state index in [0.717, 1.165) is 12.8 Å². The number of ketones is 1. The van der Waals surface area contributed by atoms with E-state index in [1.54, 1.807) is 12.1 Å². The lowest BCUT2D eigenvalue weighted by Crippen LogP contribution is -2.29. The standard InChI is InChI=1S/C9H12ClNOS/c1-2-3-6(11)9(12)7-4-5-8(10)13-7/h4-6H,2-3,11H2,1H3. The molecule has 0 spiro atoms. The molecule has 0 radical (unpaired) electrons. The van der Waals surface area contributed by atoms with Crippen molar-refractivity contribution in [3.8, 4) is 0 Å². The molecule has 0 saturated heterocycles. The minimum atomic E-state index is -0.375. The number of nitrogens with two attached hydrogens (primary N) is 1. The predicted octanol–water partition coefficient (Wildman–Crippen LogP) is 2.71. The summed E-state index contributed by atoms with van der Waals surface area (Å²) >= 11 is 7.00. The summed E-state index contributed by atoms with van der Waals surface area (Å²) in [6.07, 6.45) is 1.65. The first-order chi connectivity index (χ1) is 6.15. The van der Waals surface area contributed by atoms with E-state index in [9.17, 15) is 4.79 Å². The molecule has 1 rings (SSSR count). The molecule has 13 heavy (non-hydrogen) atoms. The molecule has 0 amide bonds. The first-order valence-corrected chi connectivity index (χ1v) is 5.39. The molecule has 2 N–H and O–H groups in total. The molecule has 1 heterocycles. The molecule has 0 saturated carbocycles. The Bertz CT molecular complexity index is 298. The third-order valence-corrected chi connectivity index (χ3v) is 3.00. The largest absolute Gasteiger partial charge is 0.321 e. The molecule has 0 aliphatic heterocycles. The van der Waals surface area contributed by atoms with Gasteiger partial charge in [0.1, 0.15) is 0 Å². The maximum atomic E-state index is 11.6. The van der Waals surface area contributed by atoms with Crippen molar-refractivity contribution in [1.82, 2.24) is 0 Å². The van der Waals surface area contributed by atoms with Gasteiger partial charge in [0.25, 0.3) is 0 Å². The second-order valence-corrected chi connectivity index (χ2v) is 4.58. The first kappa shape index (κ1) is 10.7. The van der Waals surface area contributed by atoms with Crippen LogP contribution < -0.4 is 5.73 Å². The highest BCUT2D eigenvalue weighted by molar-refractivity contribution is 7.18. The van der Waals surface area contributed by atoms with Crippen LogP contribution >= 0.6 is 22.9 Å². The Morgan fingerprint density at radius 2 is 2.38 bits per heavy atom. The maximum Gasteiger partial charge on any atom is 0.189 e. The minimum Gasteiger partial charge on any atom is -0.321 e. The fourth-order valence-corrected chi connectivity index (χ4v) is 2.12. The van der Waals surface area contributed by atoms with Gasteiger partial charge < -0.3 is 5.73 Å². The molecule has 0 aliphatic rings. The van der Waals surface area contributed by atoms with Gasteiger partial charge in [-0.3, -0.25) is 4.79 Å². The summed E-state index contributed by atoms with van der Waals surface area (Å²) in [6.45, 7) is 2.01. The monoisotopic (exact) mass is 217 g/mol. The normalized spacial score (nSPS) is 12.8. The van der Waals surface area contributed by atoms with Crippen molar-refractivity contribution in [2.24, 2.45) is 5.73 Å². The van der Waals surface area contributed by atoms with Crippen molar-refractivity contribution in [3.63, 3.8) is 0 Å². The third-order valence-electron chi connectivity index (χ3n) is 1.75. The van der Waals surface area contributed by atoms with Gasteiger partial charge in [-0.1, -0.05) is 24.9 Å². The highest BCUT2D eigenvalue weighted by atomic mass is 35.5. The van der Waals surface area contributed by atoms with Crippen LogP contribution in [0.1, 0.15) is 29.4 Å². The van der Waals surface area contributed by atoms with Crippen LogP contribution in [0.5, 0.6) is 0 Å². The number of halogens is 1. The van der Waals surface area contributed by atoms with E-state index in [-0.39, 0.29) is 11.8 Å². The first-order valence-electron chi connectivity index (χ1n) is 4.20. The van der Waals surface area contributed by atoms with Crippen molar-refractivity contribution in [3.05, 3.63) is 21.3 Å².